The normalized spacial score (nSPS) is 11.3. The van der Waals surface area contributed by atoms with Crippen LogP contribution in [0.2, 0.25) is 0 Å². The molecule has 12 heteroatoms. The zero-order chi connectivity index (χ0) is 27.2. The molecule has 0 unspecified atom stereocenters. The van der Waals surface area contributed by atoms with Crippen LogP contribution < -0.4 is 10.1 Å². The van der Waals surface area contributed by atoms with Crippen molar-refractivity contribution in [1.29, 1.82) is 0 Å². The lowest BCUT2D eigenvalue weighted by Gasteiger charge is -2.23. The second-order valence-electron chi connectivity index (χ2n) is 8.84. The predicted molar refractivity (Wildman–Crippen MR) is 141 cm³/mol. The number of carbonyl (C=O) groups excluding carboxylic acids is 1. The minimum absolute atomic E-state index is 0.0830. The fourth-order valence-corrected chi connectivity index (χ4v) is 5.39. The van der Waals surface area contributed by atoms with E-state index >= 15 is 0 Å². The van der Waals surface area contributed by atoms with Crippen LogP contribution in [0.4, 0.5) is 15.7 Å². The van der Waals surface area contributed by atoms with Crippen LogP contribution in [0.15, 0.2) is 45.6 Å². The highest BCUT2D eigenvalue weighted by atomic mass is 32.2. The number of thiazole rings is 1. The number of hydrogen-bond acceptors (Lipinski definition) is 10. The number of sulfone groups is 1. The molecule has 0 aliphatic rings. The molecule has 196 valence electrons. The first-order valence-corrected chi connectivity index (χ1v) is 13.7. The maximum Gasteiger partial charge on any atom is 0.410 e. The van der Waals surface area contributed by atoms with Gasteiger partial charge in [0.25, 0.3) is 0 Å². The molecule has 1 N–H and O–H groups in total. The number of carbonyl (C=O) groups is 1. The third kappa shape index (κ3) is 7.90. The molecule has 0 radical (unpaired) electrons. The van der Waals surface area contributed by atoms with Crippen LogP contribution >= 0.6 is 11.3 Å². The molecule has 0 bridgehead atoms. The lowest BCUT2D eigenvalue weighted by atomic mass is 10.2. The summed E-state index contributed by atoms with van der Waals surface area (Å²) in [7, 11) is -2.17. The molecule has 0 aliphatic carbocycles. The molecule has 2 aromatic heterocycles. The van der Waals surface area contributed by atoms with E-state index in [1.165, 1.54) is 23.2 Å². The number of amides is 1. The monoisotopic (exact) mass is 543 g/mol. The quantitative estimate of drug-likeness (QED) is 0.431. The van der Waals surface area contributed by atoms with E-state index < -0.39 is 21.5 Å². The van der Waals surface area contributed by atoms with Crippen molar-refractivity contribution in [3.05, 3.63) is 48.0 Å². The van der Waals surface area contributed by atoms with Gasteiger partial charge in [-0.15, -0.1) is 0 Å². The number of aromatic nitrogens is 3. The van der Waals surface area contributed by atoms with Crippen molar-refractivity contribution in [3.8, 4) is 17.6 Å². The number of anilines is 2. The van der Waals surface area contributed by atoms with E-state index in [1.807, 2.05) is 6.92 Å². The van der Waals surface area contributed by atoms with E-state index in [1.54, 1.807) is 52.9 Å². The van der Waals surface area contributed by atoms with Gasteiger partial charge in [0.2, 0.25) is 9.84 Å². The average Bonchev–Trinajstić information content (AvgIpc) is 3.27. The van der Waals surface area contributed by atoms with Crippen LogP contribution in [-0.2, 0) is 14.6 Å². The Morgan fingerprint density at radius 2 is 1.97 bits per heavy atom. The topological polar surface area (TPSA) is 124 Å². The lowest BCUT2D eigenvalue weighted by molar-refractivity contribution is 0.0321. The minimum Gasteiger partial charge on any atom is -0.494 e. The van der Waals surface area contributed by atoms with Crippen LogP contribution in [0.5, 0.6) is 5.75 Å². The van der Waals surface area contributed by atoms with Crippen molar-refractivity contribution in [3.63, 3.8) is 0 Å². The number of nitrogens with zero attached hydrogens (tertiary/aromatic N) is 4. The molecule has 0 saturated heterocycles. The van der Waals surface area contributed by atoms with Crippen molar-refractivity contribution >= 4 is 38.2 Å². The Morgan fingerprint density at radius 1 is 1.22 bits per heavy atom. The fourth-order valence-electron chi connectivity index (χ4n) is 2.91. The summed E-state index contributed by atoms with van der Waals surface area (Å²) in [4.78, 5) is 26.4. The van der Waals surface area contributed by atoms with Gasteiger partial charge in [0.15, 0.2) is 5.13 Å². The van der Waals surface area contributed by atoms with E-state index in [2.05, 4.69) is 32.1 Å². The maximum absolute atomic E-state index is 13.1. The summed E-state index contributed by atoms with van der Waals surface area (Å²) >= 11 is 0.984. The van der Waals surface area contributed by atoms with Gasteiger partial charge in [-0.2, -0.15) is 0 Å². The Kier molecular flexibility index (Phi) is 8.73. The highest BCUT2D eigenvalue weighted by molar-refractivity contribution is 7.93. The Labute approximate surface area is 221 Å². The number of benzene rings is 1. The molecule has 3 aromatic rings. The number of rotatable bonds is 7. The third-order valence-corrected chi connectivity index (χ3v) is 7.61. The van der Waals surface area contributed by atoms with E-state index in [-0.39, 0.29) is 15.6 Å². The van der Waals surface area contributed by atoms with E-state index in [9.17, 15) is 13.2 Å². The van der Waals surface area contributed by atoms with Gasteiger partial charge in [0.1, 0.15) is 32.9 Å². The average molecular weight is 544 g/mol. The molecule has 0 atom stereocenters. The number of hydrogen-bond donors (Lipinski definition) is 1. The van der Waals surface area contributed by atoms with Gasteiger partial charge in [-0.05, 0) is 58.7 Å². The third-order valence-electron chi connectivity index (χ3n) is 4.49. The largest absolute Gasteiger partial charge is 0.494 e. The van der Waals surface area contributed by atoms with Gasteiger partial charge < -0.3 is 19.7 Å². The van der Waals surface area contributed by atoms with Crippen molar-refractivity contribution in [2.45, 2.75) is 49.3 Å². The molecule has 0 fully saturated rings. The summed E-state index contributed by atoms with van der Waals surface area (Å²) < 4.78 is 36.9. The fraction of sp³-hybridized carbons (Fsp3) is 0.360. The van der Waals surface area contributed by atoms with E-state index in [0.29, 0.717) is 34.8 Å². The molecule has 0 spiro atoms. The summed E-state index contributed by atoms with van der Waals surface area (Å²) in [5.41, 5.74) is -0.157. The van der Waals surface area contributed by atoms with Gasteiger partial charge in [0.05, 0.1) is 24.2 Å². The molecule has 3 rings (SSSR count). The van der Waals surface area contributed by atoms with Crippen LogP contribution in [0.25, 0.3) is 0 Å². The van der Waals surface area contributed by atoms with Crippen molar-refractivity contribution in [2.24, 2.45) is 0 Å². The van der Waals surface area contributed by atoms with Crippen LogP contribution in [0.1, 0.15) is 39.2 Å². The SMILES string of the molecule is CCOc1cccc(S(=O)(=O)c2cnc(Nc3cc(C#CCN(C)C(=O)OC(C)(C)C)nc(C)n3)s2)c1. The first kappa shape index (κ1) is 27.9. The molecule has 10 nitrogen and oxygen atoms in total. The minimum atomic E-state index is -3.77. The Morgan fingerprint density at radius 3 is 2.68 bits per heavy atom. The molecule has 0 aliphatic heterocycles. The van der Waals surface area contributed by atoms with Gasteiger partial charge in [-0.25, -0.2) is 28.2 Å². The zero-order valence-corrected chi connectivity index (χ0v) is 23.2. The standard InChI is InChI=1S/C25H29N5O5S2/c1-7-34-19-11-8-12-20(15-19)37(32,33)22-16-26-23(36-22)29-21-14-18(27-17(2)28-21)10-9-13-30(6)24(31)35-25(3,4)5/h8,11-12,14-16H,7,13H2,1-6H3,(H,26,27,28,29). The first-order valence-electron chi connectivity index (χ1n) is 11.4. The molecule has 1 amide bonds. The summed E-state index contributed by atoms with van der Waals surface area (Å²) in [5, 5.41) is 3.37. The summed E-state index contributed by atoms with van der Waals surface area (Å²) in [6.07, 6.45) is 0.832. The van der Waals surface area contributed by atoms with Crippen molar-refractivity contribution < 1.29 is 22.7 Å². The number of ether oxygens (including phenoxy) is 2. The highest BCUT2D eigenvalue weighted by Gasteiger charge is 2.22. The van der Waals surface area contributed by atoms with E-state index in [4.69, 9.17) is 9.47 Å². The molecule has 1 aromatic carbocycles. The Bertz CT molecular complexity index is 1440. The van der Waals surface area contributed by atoms with Gasteiger partial charge >= 0.3 is 6.09 Å². The van der Waals surface area contributed by atoms with Gasteiger partial charge in [-0.1, -0.05) is 23.3 Å². The summed E-state index contributed by atoms with van der Waals surface area (Å²) in [6.45, 7) is 9.52. The predicted octanol–water partition coefficient (Wildman–Crippen LogP) is 4.44. The Hall–Kier alpha value is -3.69. The second kappa shape index (κ2) is 11.6. The molecule has 37 heavy (non-hydrogen) atoms. The van der Waals surface area contributed by atoms with Crippen LogP contribution in [0, 0.1) is 18.8 Å². The Balaban J connectivity index is 1.73. The number of aryl methyl sites for hydroxylation is 1. The second-order valence-corrected chi connectivity index (χ2v) is 12.1. The molecular formula is C25H29N5O5S2. The van der Waals surface area contributed by atoms with Gasteiger partial charge in [0, 0.05) is 13.1 Å². The van der Waals surface area contributed by atoms with Crippen molar-refractivity contribution in [1.82, 2.24) is 19.9 Å². The summed E-state index contributed by atoms with van der Waals surface area (Å²) in [5.74, 6) is 7.16. The molecular weight excluding hydrogens is 514 g/mol. The van der Waals surface area contributed by atoms with Crippen molar-refractivity contribution in [2.75, 3.05) is 25.5 Å². The zero-order valence-electron chi connectivity index (χ0n) is 21.5. The van der Waals surface area contributed by atoms with E-state index in [0.717, 1.165) is 11.3 Å². The maximum atomic E-state index is 13.1. The molecule has 0 saturated carbocycles. The van der Waals surface area contributed by atoms with Crippen LogP contribution in [-0.4, -0.2) is 60.2 Å². The smallest absolute Gasteiger partial charge is 0.410 e. The van der Waals surface area contributed by atoms with Crippen LogP contribution in [0.3, 0.4) is 0 Å². The number of nitrogens with one attached hydrogen (secondary N) is 1. The lowest BCUT2D eigenvalue weighted by Crippen LogP contribution is -2.34. The molecule has 2 heterocycles. The van der Waals surface area contributed by atoms with Gasteiger partial charge in [-0.3, -0.25) is 0 Å². The summed E-state index contributed by atoms with van der Waals surface area (Å²) in [6, 6.07) is 7.97. The first-order chi connectivity index (χ1) is 17.4. The highest BCUT2D eigenvalue weighted by Crippen LogP contribution is 2.31.